The number of anilines is 1. The number of thiophene rings is 1. The number of halogens is 2. The number of rotatable bonds is 2. The third-order valence-corrected chi connectivity index (χ3v) is 5.83. The molecule has 20 heavy (non-hydrogen) atoms. The fraction of sp³-hybridized carbons (Fsp3) is 0.214. The molecular weight excluding hydrogens is 360 g/mol. The maximum Gasteiger partial charge on any atom is 0.321 e. The number of carbonyl (C=O) groups excluding carboxylic acids is 1. The van der Waals surface area contributed by atoms with Crippen molar-refractivity contribution in [3.05, 3.63) is 50.1 Å². The van der Waals surface area contributed by atoms with Crippen molar-refractivity contribution in [2.24, 2.45) is 0 Å². The predicted molar refractivity (Wildman–Crippen MR) is 86.6 cm³/mol. The fourth-order valence-electron chi connectivity index (χ4n) is 2.20. The van der Waals surface area contributed by atoms with Crippen LogP contribution in [0.4, 0.5) is 10.5 Å². The maximum atomic E-state index is 11.6. The van der Waals surface area contributed by atoms with Crippen LogP contribution in [0, 0.1) is 0 Å². The molecule has 1 unspecified atom stereocenters. The average Bonchev–Trinajstić information content (AvgIpc) is 2.85. The molecule has 0 radical (unpaired) electrons. The van der Waals surface area contributed by atoms with Gasteiger partial charge in [0.2, 0.25) is 0 Å². The SMILES string of the molecule is CN1Cc2cc(C(Cl)c3sccc3Br)ccc2NC1=O. The largest absolute Gasteiger partial charge is 0.323 e. The van der Waals surface area contributed by atoms with E-state index in [-0.39, 0.29) is 11.4 Å². The molecule has 1 aliphatic heterocycles. The second-order valence-corrected chi connectivity index (χ2v) is 6.94. The number of hydrogen-bond acceptors (Lipinski definition) is 2. The number of fused-ring (bicyclic) bond motifs is 1. The van der Waals surface area contributed by atoms with E-state index in [2.05, 4.69) is 27.3 Å². The summed E-state index contributed by atoms with van der Waals surface area (Å²) in [5.41, 5.74) is 2.99. The van der Waals surface area contributed by atoms with Gasteiger partial charge in [-0.3, -0.25) is 0 Å². The van der Waals surface area contributed by atoms with E-state index in [1.54, 1.807) is 23.3 Å². The van der Waals surface area contributed by atoms with Crippen LogP contribution >= 0.6 is 38.9 Å². The van der Waals surface area contributed by atoms with E-state index in [4.69, 9.17) is 11.6 Å². The Balaban J connectivity index is 1.95. The molecule has 0 spiro atoms. The van der Waals surface area contributed by atoms with Crippen LogP contribution in [0.3, 0.4) is 0 Å². The third-order valence-electron chi connectivity index (χ3n) is 3.29. The van der Waals surface area contributed by atoms with E-state index in [1.165, 1.54) is 0 Å². The maximum absolute atomic E-state index is 11.6. The first-order valence-corrected chi connectivity index (χ1v) is 8.19. The number of benzene rings is 1. The second kappa shape index (κ2) is 5.39. The van der Waals surface area contributed by atoms with Crippen molar-refractivity contribution in [3.8, 4) is 0 Å². The zero-order chi connectivity index (χ0) is 14.3. The molecule has 0 saturated carbocycles. The lowest BCUT2D eigenvalue weighted by Gasteiger charge is -2.26. The minimum atomic E-state index is -0.183. The summed E-state index contributed by atoms with van der Waals surface area (Å²) in [7, 11) is 1.78. The topological polar surface area (TPSA) is 32.3 Å². The van der Waals surface area contributed by atoms with Crippen molar-refractivity contribution >= 4 is 50.6 Å². The van der Waals surface area contributed by atoms with Crippen LogP contribution < -0.4 is 5.32 Å². The van der Waals surface area contributed by atoms with E-state index < -0.39 is 0 Å². The van der Waals surface area contributed by atoms with E-state index in [0.29, 0.717) is 6.54 Å². The lowest BCUT2D eigenvalue weighted by molar-refractivity contribution is 0.218. The van der Waals surface area contributed by atoms with Crippen LogP contribution in [0.1, 0.15) is 21.4 Å². The highest BCUT2D eigenvalue weighted by atomic mass is 79.9. The summed E-state index contributed by atoms with van der Waals surface area (Å²) < 4.78 is 1.03. The first kappa shape index (κ1) is 13.9. The van der Waals surface area contributed by atoms with E-state index in [9.17, 15) is 4.79 Å². The number of amides is 2. The van der Waals surface area contributed by atoms with Crippen molar-refractivity contribution < 1.29 is 4.79 Å². The second-order valence-electron chi connectivity index (χ2n) is 4.70. The van der Waals surface area contributed by atoms with Crippen molar-refractivity contribution in [2.75, 3.05) is 12.4 Å². The van der Waals surface area contributed by atoms with E-state index in [1.807, 2.05) is 23.6 Å². The van der Waals surface area contributed by atoms with E-state index in [0.717, 1.165) is 26.2 Å². The molecular formula is C14H12BrClN2OS. The molecule has 2 aromatic rings. The Morgan fingerprint density at radius 1 is 1.45 bits per heavy atom. The van der Waals surface area contributed by atoms with Gasteiger partial charge < -0.3 is 10.2 Å². The van der Waals surface area contributed by atoms with Gasteiger partial charge in [0.15, 0.2) is 0 Å². The monoisotopic (exact) mass is 370 g/mol. The van der Waals surface area contributed by atoms with Crippen LogP contribution in [-0.2, 0) is 6.54 Å². The highest BCUT2D eigenvalue weighted by Crippen LogP contribution is 2.39. The van der Waals surface area contributed by atoms with Gasteiger partial charge in [-0.1, -0.05) is 12.1 Å². The molecule has 1 N–H and O–H groups in total. The van der Waals surface area contributed by atoms with Gasteiger partial charge in [-0.15, -0.1) is 22.9 Å². The molecule has 0 fully saturated rings. The van der Waals surface area contributed by atoms with Gasteiger partial charge in [0.05, 0.1) is 5.38 Å². The number of urea groups is 1. The zero-order valence-corrected chi connectivity index (χ0v) is 13.8. The number of nitrogens with zero attached hydrogens (tertiary/aromatic N) is 1. The van der Waals surface area contributed by atoms with Crippen LogP contribution in [0.5, 0.6) is 0 Å². The number of nitrogens with one attached hydrogen (secondary N) is 1. The Labute approximate surface area is 134 Å². The lowest BCUT2D eigenvalue weighted by Crippen LogP contribution is -2.35. The van der Waals surface area contributed by atoms with Gasteiger partial charge in [-0.2, -0.15) is 0 Å². The number of hydrogen-bond donors (Lipinski definition) is 1. The Morgan fingerprint density at radius 2 is 2.25 bits per heavy atom. The molecule has 2 heterocycles. The normalized spacial score (nSPS) is 15.8. The molecule has 6 heteroatoms. The molecule has 1 aromatic heterocycles. The van der Waals surface area contributed by atoms with Gasteiger partial charge in [0, 0.05) is 28.6 Å². The van der Waals surface area contributed by atoms with E-state index >= 15 is 0 Å². The van der Waals surface area contributed by atoms with Crippen LogP contribution in [0.25, 0.3) is 0 Å². The minimum Gasteiger partial charge on any atom is -0.323 e. The summed E-state index contributed by atoms with van der Waals surface area (Å²) in [6.45, 7) is 0.601. The van der Waals surface area contributed by atoms with Crippen LogP contribution in [0.15, 0.2) is 34.1 Å². The Kier molecular flexibility index (Phi) is 3.75. The first-order valence-electron chi connectivity index (χ1n) is 6.08. The smallest absolute Gasteiger partial charge is 0.321 e. The Hall–Kier alpha value is -1.04. The third kappa shape index (κ3) is 2.45. The highest BCUT2D eigenvalue weighted by Gasteiger charge is 2.22. The number of alkyl halides is 1. The van der Waals surface area contributed by atoms with Crippen molar-refractivity contribution in [3.63, 3.8) is 0 Å². The molecule has 0 bridgehead atoms. The van der Waals surface area contributed by atoms with Crippen LogP contribution in [0.2, 0.25) is 0 Å². The Bertz CT molecular complexity index is 673. The lowest BCUT2D eigenvalue weighted by atomic mass is 10.0. The molecule has 1 aliphatic rings. The molecule has 1 atom stereocenters. The molecule has 3 nitrogen and oxygen atoms in total. The van der Waals surface area contributed by atoms with Crippen molar-refractivity contribution in [1.29, 1.82) is 0 Å². The van der Waals surface area contributed by atoms with Gasteiger partial charge in [-0.05, 0) is 44.6 Å². The van der Waals surface area contributed by atoms with Crippen molar-refractivity contribution in [2.45, 2.75) is 11.9 Å². The van der Waals surface area contributed by atoms with Gasteiger partial charge in [0.25, 0.3) is 0 Å². The Morgan fingerprint density at radius 3 is 2.95 bits per heavy atom. The van der Waals surface area contributed by atoms with Gasteiger partial charge >= 0.3 is 6.03 Å². The minimum absolute atomic E-state index is 0.0753. The highest BCUT2D eigenvalue weighted by molar-refractivity contribution is 9.10. The average molecular weight is 372 g/mol. The molecule has 104 valence electrons. The van der Waals surface area contributed by atoms with Gasteiger partial charge in [0.1, 0.15) is 0 Å². The molecule has 0 saturated heterocycles. The fourth-order valence-corrected chi connectivity index (χ4v) is 4.34. The first-order chi connectivity index (χ1) is 9.56. The standard InChI is InChI=1S/C14H12BrClN2OS/c1-18-7-9-6-8(2-3-11(9)17-14(18)19)12(16)13-10(15)4-5-20-13/h2-6,12H,7H2,1H3,(H,17,19). The molecule has 3 rings (SSSR count). The summed E-state index contributed by atoms with van der Waals surface area (Å²) in [4.78, 5) is 14.3. The summed E-state index contributed by atoms with van der Waals surface area (Å²) >= 11 is 11.7. The van der Waals surface area contributed by atoms with Crippen LogP contribution in [-0.4, -0.2) is 18.0 Å². The number of carbonyl (C=O) groups is 1. The molecule has 0 aliphatic carbocycles. The summed E-state index contributed by atoms with van der Waals surface area (Å²) in [6, 6.07) is 7.88. The van der Waals surface area contributed by atoms with Gasteiger partial charge in [-0.25, -0.2) is 4.79 Å². The molecule has 2 amide bonds. The molecule has 1 aromatic carbocycles. The summed E-state index contributed by atoms with van der Waals surface area (Å²) in [5, 5.41) is 4.69. The zero-order valence-electron chi connectivity index (χ0n) is 10.7. The quantitative estimate of drug-likeness (QED) is 0.754. The summed E-state index contributed by atoms with van der Waals surface area (Å²) in [6.07, 6.45) is 0. The van der Waals surface area contributed by atoms with Crippen molar-refractivity contribution in [1.82, 2.24) is 4.90 Å². The summed E-state index contributed by atoms with van der Waals surface area (Å²) in [5.74, 6) is 0. The predicted octanol–water partition coefficient (Wildman–Crippen LogP) is 4.82.